The van der Waals surface area contributed by atoms with Gasteiger partial charge in [-0.2, -0.15) is 25.9 Å². The molecule has 0 saturated carbocycles. The lowest BCUT2D eigenvalue weighted by atomic mass is 11.6. The fraction of sp³-hybridized carbons (Fsp3) is 1.00. The first-order valence-electron chi connectivity index (χ1n) is 1.82. The lowest BCUT2D eigenvalue weighted by molar-refractivity contribution is -0.712. The van der Waals surface area contributed by atoms with Crippen LogP contribution in [0.4, 0.5) is 13.2 Å². The van der Waals surface area contributed by atoms with E-state index in [0.29, 0.717) is 0 Å². The van der Waals surface area contributed by atoms with Crippen molar-refractivity contribution in [1.82, 2.24) is 0 Å². The van der Waals surface area contributed by atoms with Gasteiger partial charge < -0.3 is 0 Å². The van der Waals surface area contributed by atoms with Crippen LogP contribution >= 0.6 is 0 Å². The molecule has 0 atom stereocenters. The molecule has 0 unspecified atom stereocenters. The Kier molecular flexibility index (Phi) is 2.28. The molecule has 0 radical (unpaired) electrons. The van der Waals surface area contributed by atoms with Crippen LogP contribution in [-0.2, 0) is 14.4 Å². The molecule has 0 aliphatic heterocycles. The molecule has 0 heterocycles. The average Bonchev–Trinajstić information content (AvgIpc) is 1.56. The summed E-state index contributed by atoms with van der Waals surface area (Å²) < 4.78 is 55.2. The fourth-order valence-electron chi connectivity index (χ4n) is 0.122. The lowest BCUT2D eigenvalue weighted by Gasteiger charge is -2.02. The minimum atomic E-state index is -6.10. The molecule has 0 saturated heterocycles. The van der Waals surface area contributed by atoms with Crippen molar-refractivity contribution in [2.45, 2.75) is 5.51 Å². The number of nitrogens with zero attached hydrogens (tertiary/aromatic N) is 1. The van der Waals surface area contributed by atoms with E-state index in [1.165, 1.54) is 0 Å². The van der Waals surface area contributed by atoms with Crippen LogP contribution in [0.1, 0.15) is 0 Å². The maximum Gasteiger partial charge on any atom is 0.522 e. The smallest absolute Gasteiger partial charge is 0.191 e. The summed E-state index contributed by atoms with van der Waals surface area (Å²) >= 11 is 0. The Balaban J connectivity index is 4.64. The number of alkyl halides is 3. The van der Waals surface area contributed by atoms with Crippen LogP contribution in [0.5, 0.6) is 0 Å². The molecule has 0 rings (SSSR count). The first kappa shape index (κ1) is 9.94. The van der Waals surface area contributed by atoms with Gasteiger partial charge in [-0.05, 0) is 0 Å². The molecular formula is CF3NO5S. The largest absolute Gasteiger partial charge is 0.522 e. The lowest BCUT2D eigenvalue weighted by Crippen LogP contribution is -2.27. The highest BCUT2D eigenvalue weighted by atomic mass is 32.2. The first-order valence-corrected chi connectivity index (χ1v) is 3.23. The van der Waals surface area contributed by atoms with Crippen LogP contribution in [0.2, 0.25) is 0 Å². The average molecular weight is 195 g/mol. The molecular weight excluding hydrogens is 195 g/mol. The normalized spacial score (nSPS) is 12.6. The molecule has 66 valence electrons. The molecule has 0 bridgehead atoms. The Bertz CT molecular complexity index is 251. The van der Waals surface area contributed by atoms with Crippen LogP contribution in [0, 0.1) is 10.1 Å². The van der Waals surface area contributed by atoms with E-state index in [2.05, 4.69) is 4.28 Å². The third-order valence-electron chi connectivity index (χ3n) is 0.442. The summed E-state index contributed by atoms with van der Waals surface area (Å²) in [6.45, 7) is 0. The van der Waals surface area contributed by atoms with Gasteiger partial charge in [0.15, 0.2) is 0 Å². The van der Waals surface area contributed by atoms with Crippen LogP contribution in [0.15, 0.2) is 0 Å². The van der Waals surface area contributed by atoms with Crippen molar-refractivity contribution < 1.29 is 31.0 Å². The Morgan fingerprint density at radius 3 is 1.82 bits per heavy atom. The van der Waals surface area contributed by atoms with Gasteiger partial charge in [0, 0.05) is 0 Å². The highest BCUT2D eigenvalue weighted by Gasteiger charge is 2.49. The quantitative estimate of drug-likeness (QED) is 0.352. The molecule has 0 aliphatic carbocycles. The second-order valence-electron chi connectivity index (χ2n) is 1.20. The van der Waals surface area contributed by atoms with E-state index in [9.17, 15) is 21.6 Å². The molecule has 0 amide bonds. The molecule has 0 aliphatic rings. The fourth-order valence-corrected chi connectivity index (χ4v) is 0.367. The molecule has 0 aromatic carbocycles. The van der Waals surface area contributed by atoms with Crippen molar-refractivity contribution in [3.8, 4) is 0 Å². The van der Waals surface area contributed by atoms with E-state index in [-0.39, 0.29) is 0 Å². The predicted octanol–water partition coefficient (Wildman–Crippen LogP) is 0.0443. The van der Waals surface area contributed by atoms with Crippen molar-refractivity contribution >= 4 is 10.1 Å². The molecule has 0 spiro atoms. The van der Waals surface area contributed by atoms with Gasteiger partial charge >= 0.3 is 20.7 Å². The highest BCUT2D eigenvalue weighted by Crippen LogP contribution is 2.24. The predicted molar refractivity (Wildman–Crippen MR) is 23.1 cm³/mol. The van der Waals surface area contributed by atoms with Gasteiger partial charge in [-0.15, -0.1) is 10.1 Å². The van der Waals surface area contributed by atoms with Crippen LogP contribution in [0.25, 0.3) is 0 Å². The van der Waals surface area contributed by atoms with E-state index in [1.807, 2.05) is 0 Å². The Morgan fingerprint density at radius 2 is 1.73 bits per heavy atom. The number of hydrogen-bond donors (Lipinski definition) is 0. The summed E-state index contributed by atoms with van der Waals surface area (Å²) in [6.07, 6.45) is 0. The number of halogens is 3. The van der Waals surface area contributed by atoms with Crippen LogP contribution in [-0.4, -0.2) is 19.0 Å². The second-order valence-corrected chi connectivity index (χ2v) is 2.72. The topological polar surface area (TPSA) is 86.5 Å². The van der Waals surface area contributed by atoms with Gasteiger partial charge in [0.2, 0.25) is 0 Å². The Hall–Kier alpha value is -1.06. The molecule has 6 nitrogen and oxygen atoms in total. The number of hydrogen-bond acceptors (Lipinski definition) is 5. The van der Waals surface area contributed by atoms with Crippen molar-refractivity contribution in [3.63, 3.8) is 0 Å². The maximum atomic E-state index is 11.2. The molecule has 0 aromatic rings. The van der Waals surface area contributed by atoms with Crippen molar-refractivity contribution in [1.29, 1.82) is 0 Å². The SMILES string of the molecule is O=[N+]([O-])OS(=O)(=O)C(F)(F)F. The molecule has 0 fully saturated rings. The Labute approximate surface area is 57.8 Å². The first-order chi connectivity index (χ1) is 4.67. The second kappa shape index (κ2) is 2.53. The number of rotatable bonds is 2. The maximum absolute atomic E-state index is 11.2. The van der Waals surface area contributed by atoms with Crippen LogP contribution in [0.3, 0.4) is 0 Å². The molecule has 0 aromatic heterocycles. The minimum Gasteiger partial charge on any atom is -0.191 e. The van der Waals surface area contributed by atoms with Crippen LogP contribution < -0.4 is 0 Å². The summed E-state index contributed by atoms with van der Waals surface area (Å²) in [5, 5.41) is 7.11. The summed E-state index contributed by atoms with van der Waals surface area (Å²) in [5.41, 5.74) is -5.76. The van der Waals surface area contributed by atoms with Gasteiger partial charge in [-0.25, -0.2) is 0 Å². The standard InChI is InChI=1S/CF3NO5S/c2-1(3,4)11(8,9)10-5(6)7. The van der Waals surface area contributed by atoms with Crippen molar-refractivity contribution in [3.05, 3.63) is 10.1 Å². The third kappa shape index (κ3) is 2.57. The molecule has 0 N–H and O–H groups in total. The highest BCUT2D eigenvalue weighted by molar-refractivity contribution is 7.87. The van der Waals surface area contributed by atoms with E-state index < -0.39 is 20.7 Å². The summed E-state index contributed by atoms with van der Waals surface area (Å²) in [4.78, 5) is 9.17. The minimum absolute atomic E-state index is 2.05. The van der Waals surface area contributed by atoms with Gasteiger partial charge in [0.05, 0.1) is 0 Å². The van der Waals surface area contributed by atoms with E-state index in [1.54, 1.807) is 0 Å². The van der Waals surface area contributed by atoms with E-state index in [4.69, 9.17) is 10.1 Å². The third-order valence-corrected chi connectivity index (χ3v) is 1.33. The van der Waals surface area contributed by atoms with E-state index >= 15 is 0 Å². The van der Waals surface area contributed by atoms with Crippen molar-refractivity contribution in [2.75, 3.05) is 0 Å². The van der Waals surface area contributed by atoms with Crippen molar-refractivity contribution in [2.24, 2.45) is 0 Å². The summed E-state index contributed by atoms with van der Waals surface area (Å²) in [5.74, 6) is 0. The molecule has 11 heavy (non-hydrogen) atoms. The van der Waals surface area contributed by atoms with Gasteiger partial charge in [-0.1, -0.05) is 0 Å². The zero-order valence-electron chi connectivity index (χ0n) is 4.53. The van der Waals surface area contributed by atoms with Gasteiger partial charge in [-0.3, -0.25) is 0 Å². The zero-order valence-corrected chi connectivity index (χ0v) is 5.35. The summed E-state index contributed by atoms with van der Waals surface area (Å²) in [6, 6.07) is 0. The summed E-state index contributed by atoms with van der Waals surface area (Å²) in [7, 11) is -6.10. The van der Waals surface area contributed by atoms with Gasteiger partial charge in [0.1, 0.15) is 0 Å². The zero-order chi connectivity index (χ0) is 9.28. The van der Waals surface area contributed by atoms with Gasteiger partial charge in [0.25, 0.3) is 0 Å². The Morgan fingerprint density at radius 1 is 1.36 bits per heavy atom. The molecule has 10 heteroatoms. The monoisotopic (exact) mass is 195 g/mol. The van der Waals surface area contributed by atoms with E-state index in [0.717, 1.165) is 0 Å².